The minimum atomic E-state index is 0.675. The third kappa shape index (κ3) is 3.43. The van der Waals surface area contributed by atoms with Crippen molar-refractivity contribution < 1.29 is 0 Å². The lowest BCUT2D eigenvalue weighted by atomic mass is 10.1. The molecule has 0 spiro atoms. The van der Waals surface area contributed by atoms with Gasteiger partial charge in [0.15, 0.2) is 0 Å². The second-order valence-electron chi connectivity index (χ2n) is 5.28. The number of thioether (sulfide) groups is 1. The third-order valence-corrected chi connectivity index (χ3v) is 4.55. The van der Waals surface area contributed by atoms with Crippen LogP contribution in [0.3, 0.4) is 0 Å². The van der Waals surface area contributed by atoms with E-state index < -0.39 is 0 Å². The lowest BCUT2D eigenvalue weighted by molar-refractivity contribution is 0.880. The first kappa shape index (κ1) is 15.3. The summed E-state index contributed by atoms with van der Waals surface area (Å²) in [6.45, 7) is 3.91. The first-order valence-corrected chi connectivity index (χ1v) is 8.26. The van der Waals surface area contributed by atoms with E-state index in [1.54, 1.807) is 18.0 Å². The summed E-state index contributed by atoms with van der Waals surface area (Å²) in [5.74, 6) is 0.782. The number of aryl methyl sites for hydroxylation is 2. The summed E-state index contributed by atoms with van der Waals surface area (Å²) in [6.07, 6.45) is 3.68. The molecule has 3 rings (SSSR count). The number of rotatable bonds is 4. The van der Waals surface area contributed by atoms with Crippen molar-refractivity contribution in [3.05, 3.63) is 71.2 Å². The Kier molecular flexibility index (Phi) is 4.45. The van der Waals surface area contributed by atoms with E-state index in [4.69, 9.17) is 0 Å². The lowest BCUT2D eigenvalue weighted by Gasteiger charge is -2.08. The van der Waals surface area contributed by atoms with Crippen LogP contribution in [0.1, 0.15) is 22.4 Å². The van der Waals surface area contributed by atoms with Gasteiger partial charge in [-0.15, -0.1) is 11.8 Å². The first-order chi connectivity index (χ1) is 11.2. The Bertz CT molecular complexity index is 846. The van der Waals surface area contributed by atoms with E-state index in [2.05, 4.69) is 28.3 Å². The summed E-state index contributed by atoms with van der Waals surface area (Å²) in [4.78, 5) is 4.50. The van der Waals surface area contributed by atoms with Gasteiger partial charge in [0.2, 0.25) is 0 Å². The molecule has 1 aromatic carbocycles. The van der Waals surface area contributed by atoms with E-state index in [0.717, 1.165) is 27.7 Å². The molecule has 0 atom stereocenters. The number of pyridine rings is 1. The zero-order valence-corrected chi connectivity index (χ0v) is 13.8. The van der Waals surface area contributed by atoms with E-state index in [1.165, 1.54) is 5.56 Å². The van der Waals surface area contributed by atoms with Gasteiger partial charge in [0.25, 0.3) is 0 Å². The van der Waals surface area contributed by atoms with Crippen LogP contribution in [0, 0.1) is 25.2 Å². The van der Waals surface area contributed by atoms with Crippen LogP contribution in [0.25, 0.3) is 5.69 Å². The minimum absolute atomic E-state index is 0.675. The van der Waals surface area contributed by atoms with Crippen LogP contribution in [0.15, 0.2) is 53.8 Å². The monoisotopic (exact) mass is 320 g/mol. The van der Waals surface area contributed by atoms with Gasteiger partial charge in [0, 0.05) is 23.8 Å². The van der Waals surface area contributed by atoms with Gasteiger partial charge in [0.05, 0.1) is 11.3 Å². The van der Waals surface area contributed by atoms with Crippen LogP contribution >= 0.6 is 11.8 Å². The van der Waals surface area contributed by atoms with Crippen molar-refractivity contribution in [1.29, 1.82) is 5.26 Å². The Morgan fingerprint density at radius 3 is 2.65 bits per heavy atom. The molecule has 114 valence electrons. The molecular weight excluding hydrogens is 304 g/mol. The van der Waals surface area contributed by atoms with E-state index in [0.29, 0.717) is 5.56 Å². The van der Waals surface area contributed by atoms with Crippen molar-refractivity contribution in [3.8, 4) is 11.8 Å². The second kappa shape index (κ2) is 6.67. The number of hydrogen-bond donors (Lipinski definition) is 0. The predicted octanol–water partition coefficient (Wildman–Crippen LogP) is 4.05. The molecule has 0 bridgehead atoms. The fraction of sp³-hybridized carbons (Fsp3) is 0.167. The highest BCUT2D eigenvalue weighted by molar-refractivity contribution is 7.98. The largest absolute Gasteiger partial charge is 0.245 e. The minimum Gasteiger partial charge on any atom is -0.245 e. The third-order valence-electron chi connectivity index (χ3n) is 3.50. The summed E-state index contributed by atoms with van der Waals surface area (Å²) in [6, 6.07) is 14.4. The van der Waals surface area contributed by atoms with Gasteiger partial charge in [-0.25, -0.2) is 9.67 Å². The van der Waals surface area contributed by atoms with E-state index in [-0.39, 0.29) is 0 Å². The molecule has 4 nitrogen and oxygen atoms in total. The van der Waals surface area contributed by atoms with Crippen LogP contribution in [0.4, 0.5) is 0 Å². The normalized spacial score (nSPS) is 10.5. The Morgan fingerprint density at radius 1 is 1.22 bits per heavy atom. The maximum atomic E-state index is 9.32. The molecule has 0 saturated heterocycles. The molecular formula is C18H16N4S. The Hall–Kier alpha value is -2.58. The standard InChI is InChI=1S/C18H16N4S/c1-13-10-14(2)21-18(17(13)11-19)23-12-15-4-6-16(7-5-15)22-9-3-8-20-22/h3-10H,12H2,1-2H3. The molecule has 0 amide bonds. The van der Waals surface area contributed by atoms with Crippen LogP contribution < -0.4 is 0 Å². The topological polar surface area (TPSA) is 54.5 Å². The summed E-state index contributed by atoms with van der Waals surface area (Å²) >= 11 is 1.60. The summed E-state index contributed by atoms with van der Waals surface area (Å²) in [5.41, 5.74) is 4.82. The van der Waals surface area contributed by atoms with E-state index in [9.17, 15) is 5.26 Å². The van der Waals surface area contributed by atoms with Crippen LogP contribution in [-0.4, -0.2) is 14.8 Å². The van der Waals surface area contributed by atoms with Crippen molar-refractivity contribution in [3.63, 3.8) is 0 Å². The van der Waals surface area contributed by atoms with Crippen LogP contribution in [0.2, 0.25) is 0 Å². The van der Waals surface area contributed by atoms with Crippen LogP contribution in [-0.2, 0) is 5.75 Å². The Balaban J connectivity index is 1.75. The van der Waals surface area contributed by atoms with Crippen molar-refractivity contribution in [2.24, 2.45) is 0 Å². The average Bonchev–Trinajstić information content (AvgIpc) is 3.07. The fourth-order valence-corrected chi connectivity index (χ4v) is 3.42. The van der Waals surface area contributed by atoms with Gasteiger partial charge >= 0.3 is 0 Å². The molecule has 0 saturated carbocycles. The zero-order chi connectivity index (χ0) is 16.2. The van der Waals surface area contributed by atoms with Gasteiger partial charge in [-0.3, -0.25) is 0 Å². The quantitative estimate of drug-likeness (QED) is 0.681. The summed E-state index contributed by atoms with van der Waals surface area (Å²) in [7, 11) is 0. The number of hydrogen-bond acceptors (Lipinski definition) is 4. The number of aromatic nitrogens is 3. The molecule has 0 radical (unpaired) electrons. The van der Waals surface area contributed by atoms with Crippen LogP contribution in [0.5, 0.6) is 0 Å². The first-order valence-electron chi connectivity index (χ1n) is 7.27. The van der Waals surface area contributed by atoms with Gasteiger partial charge < -0.3 is 0 Å². The Labute approximate surface area is 139 Å². The lowest BCUT2D eigenvalue weighted by Crippen LogP contribution is -1.96. The predicted molar refractivity (Wildman–Crippen MR) is 91.6 cm³/mol. The van der Waals surface area contributed by atoms with Crippen molar-refractivity contribution in [1.82, 2.24) is 14.8 Å². The maximum absolute atomic E-state index is 9.32. The highest BCUT2D eigenvalue weighted by Crippen LogP contribution is 2.27. The molecule has 2 aromatic heterocycles. The SMILES string of the molecule is Cc1cc(C)c(C#N)c(SCc2ccc(-n3cccn3)cc2)n1. The Morgan fingerprint density at radius 2 is 2.00 bits per heavy atom. The fourth-order valence-electron chi connectivity index (χ4n) is 2.36. The molecule has 5 heteroatoms. The molecule has 0 unspecified atom stereocenters. The highest BCUT2D eigenvalue weighted by atomic mass is 32.2. The van der Waals surface area contributed by atoms with Gasteiger partial charge in [0.1, 0.15) is 11.1 Å². The van der Waals surface area contributed by atoms with E-state index in [1.807, 2.05) is 49.0 Å². The highest BCUT2D eigenvalue weighted by Gasteiger charge is 2.09. The molecule has 0 N–H and O–H groups in total. The van der Waals surface area contributed by atoms with E-state index >= 15 is 0 Å². The molecule has 0 aliphatic heterocycles. The molecule has 0 fully saturated rings. The molecule has 2 heterocycles. The number of nitrogens with zero attached hydrogens (tertiary/aromatic N) is 4. The number of benzene rings is 1. The summed E-state index contributed by atoms with van der Waals surface area (Å²) < 4.78 is 1.83. The van der Waals surface area contributed by atoms with Crippen molar-refractivity contribution in [2.45, 2.75) is 24.6 Å². The number of nitriles is 1. The molecule has 0 aliphatic rings. The van der Waals surface area contributed by atoms with Crippen molar-refractivity contribution >= 4 is 11.8 Å². The van der Waals surface area contributed by atoms with Gasteiger partial charge in [-0.05, 0) is 49.2 Å². The van der Waals surface area contributed by atoms with Gasteiger partial charge in [-0.1, -0.05) is 12.1 Å². The second-order valence-corrected chi connectivity index (χ2v) is 6.24. The van der Waals surface area contributed by atoms with Gasteiger partial charge in [-0.2, -0.15) is 10.4 Å². The summed E-state index contributed by atoms with van der Waals surface area (Å²) in [5, 5.41) is 14.3. The smallest absolute Gasteiger partial charge is 0.115 e. The maximum Gasteiger partial charge on any atom is 0.115 e. The molecule has 3 aromatic rings. The average molecular weight is 320 g/mol. The zero-order valence-electron chi connectivity index (χ0n) is 13.0. The molecule has 0 aliphatic carbocycles. The van der Waals surface area contributed by atoms with Crippen molar-refractivity contribution in [2.75, 3.05) is 0 Å². The molecule has 23 heavy (non-hydrogen) atoms.